The standard InChI is InChI=1S/C14H24N4O2/c1-5-10-9(6-7-20-10)8-15-12(19)11-16-13(18-17-11)14(2,3)4/h9-10H,5-8H2,1-4H3,(H,15,19)(H,16,17,18). The Kier molecular flexibility index (Phi) is 4.42. The molecule has 6 nitrogen and oxygen atoms in total. The van der Waals surface area contributed by atoms with Crippen molar-refractivity contribution in [3.63, 3.8) is 0 Å². The van der Waals surface area contributed by atoms with E-state index in [-0.39, 0.29) is 23.3 Å². The number of aromatic amines is 1. The van der Waals surface area contributed by atoms with Crippen LogP contribution in [0.1, 0.15) is 57.0 Å². The van der Waals surface area contributed by atoms with Gasteiger partial charge in [-0.25, -0.2) is 4.98 Å². The Morgan fingerprint density at radius 3 is 2.85 bits per heavy atom. The Morgan fingerprint density at radius 1 is 1.50 bits per heavy atom. The van der Waals surface area contributed by atoms with E-state index in [1.165, 1.54) is 0 Å². The van der Waals surface area contributed by atoms with Crippen molar-refractivity contribution in [2.45, 2.75) is 52.1 Å². The number of hydrogen-bond donors (Lipinski definition) is 2. The zero-order valence-corrected chi connectivity index (χ0v) is 12.7. The molecule has 0 aliphatic carbocycles. The monoisotopic (exact) mass is 280 g/mol. The molecule has 1 aromatic rings. The van der Waals surface area contributed by atoms with Crippen molar-refractivity contribution in [3.05, 3.63) is 11.6 Å². The minimum absolute atomic E-state index is 0.141. The predicted molar refractivity (Wildman–Crippen MR) is 75.6 cm³/mol. The van der Waals surface area contributed by atoms with Gasteiger partial charge in [-0.2, -0.15) is 0 Å². The Labute approximate surface area is 119 Å². The summed E-state index contributed by atoms with van der Waals surface area (Å²) in [6.07, 6.45) is 2.24. The molecule has 112 valence electrons. The van der Waals surface area contributed by atoms with Gasteiger partial charge in [-0.3, -0.25) is 9.89 Å². The first kappa shape index (κ1) is 15.0. The van der Waals surface area contributed by atoms with Crippen LogP contribution in [-0.4, -0.2) is 40.3 Å². The number of aromatic nitrogens is 3. The van der Waals surface area contributed by atoms with Gasteiger partial charge in [0.1, 0.15) is 5.82 Å². The van der Waals surface area contributed by atoms with Crippen LogP contribution in [0.2, 0.25) is 0 Å². The first-order chi connectivity index (χ1) is 9.41. The van der Waals surface area contributed by atoms with Crippen LogP contribution in [0.3, 0.4) is 0 Å². The maximum atomic E-state index is 12.0. The quantitative estimate of drug-likeness (QED) is 0.878. The summed E-state index contributed by atoms with van der Waals surface area (Å²) in [5.74, 6) is 1.10. The molecule has 1 saturated heterocycles. The van der Waals surface area contributed by atoms with Gasteiger partial charge in [-0.1, -0.05) is 27.7 Å². The van der Waals surface area contributed by atoms with Gasteiger partial charge in [-0.05, 0) is 12.8 Å². The fourth-order valence-electron chi connectivity index (χ4n) is 2.38. The maximum absolute atomic E-state index is 12.0. The van der Waals surface area contributed by atoms with Crippen LogP contribution in [0.5, 0.6) is 0 Å². The van der Waals surface area contributed by atoms with E-state index in [1.54, 1.807) is 0 Å². The molecule has 0 bridgehead atoms. The van der Waals surface area contributed by atoms with E-state index in [1.807, 2.05) is 20.8 Å². The number of nitrogens with zero attached hydrogens (tertiary/aromatic N) is 2. The third kappa shape index (κ3) is 3.36. The van der Waals surface area contributed by atoms with Crippen molar-refractivity contribution in [2.24, 2.45) is 5.92 Å². The average Bonchev–Trinajstić information content (AvgIpc) is 3.03. The Hall–Kier alpha value is -1.43. The molecule has 0 spiro atoms. The molecule has 2 atom stereocenters. The van der Waals surface area contributed by atoms with Gasteiger partial charge in [-0.15, -0.1) is 5.10 Å². The largest absolute Gasteiger partial charge is 0.378 e. The number of nitrogens with one attached hydrogen (secondary N) is 2. The third-order valence-electron chi connectivity index (χ3n) is 3.67. The summed E-state index contributed by atoms with van der Waals surface area (Å²) in [6.45, 7) is 9.59. The lowest BCUT2D eigenvalue weighted by Gasteiger charge is -2.16. The number of H-pyrrole nitrogens is 1. The number of hydrogen-bond acceptors (Lipinski definition) is 4. The fraction of sp³-hybridized carbons (Fsp3) is 0.786. The third-order valence-corrected chi connectivity index (χ3v) is 3.67. The van der Waals surface area contributed by atoms with E-state index in [4.69, 9.17) is 4.74 Å². The van der Waals surface area contributed by atoms with Gasteiger partial charge in [0.25, 0.3) is 5.91 Å². The highest BCUT2D eigenvalue weighted by atomic mass is 16.5. The van der Waals surface area contributed by atoms with E-state index in [2.05, 4.69) is 27.4 Å². The molecule has 1 amide bonds. The van der Waals surface area contributed by atoms with Crippen molar-refractivity contribution in [1.82, 2.24) is 20.5 Å². The molecule has 0 saturated carbocycles. The van der Waals surface area contributed by atoms with Crippen molar-refractivity contribution in [1.29, 1.82) is 0 Å². The van der Waals surface area contributed by atoms with Crippen molar-refractivity contribution in [2.75, 3.05) is 13.2 Å². The summed E-state index contributed by atoms with van der Waals surface area (Å²) < 4.78 is 5.61. The Bertz CT molecular complexity index is 464. The Morgan fingerprint density at radius 2 is 2.25 bits per heavy atom. The highest BCUT2D eigenvalue weighted by molar-refractivity contribution is 5.90. The molecule has 1 aliphatic rings. The van der Waals surface area contributed by atoms with Crippen LogP contribution in [0.25, 0.3) is 0 Å². The smallest absolute Gasteiger partial charge is 0.290 e. The molecular formula is C14H24N4O2. The lowest BCUT2D eigenvalue weighted by Crippen LogP contribution is -2.33. The normalized spacial score (nSPS) is 23.0. The lowest BCUT2D eigenvalue weighted by molar-refractivity contribution is 0.0823. The second kappa shape index (κ2) is 5.91. The predicted octanol–water partition coefficient (Wildman–Crippen LogP) is 1.65. The summed E-state index contributed by atoms with van der Waals surface area (Å²) in [6, 6.07) is 0. The van der Waals surface area contributed by atoms with Crippen LogP contribution < -0.4 is 5.32 Å². The number of rotatable bonds is 4. The molecule has 2 N–H and O–H groups in total. The molecule has 2 heterocycles. The van der Waals surface area contributed by atoms with Gasteiger partial charge < -0.3 is 10.1 Å². The Balaban J connectivity index is 1.90. The number of carbonyl (C=O) groups is 1. The summed E-state index contributed by atoms with van der Waals surface area (Å²) >= 11 is 0. The van der Waals surface area contributed by atoms with Crippen LogP contribution in [0.15, 0.2) is 0 Å². The van der Waals surface area contributed by atoms with Crippen molar-refractivity contribution >= 4 is 5.91 Å². The summed E-state index contributed by atoms with van der Waals surface area (Å²) in [5, 5.41) is 9.72. The lowest BCUT2D eigenvalue weighted by atomic mass is 9.96. The van der Waals surface area contributed by atoms with E-state index < -0.39 is 0 Å². The number of carbonyl (C=O) groups excluding carboxylic acids is 1. The van der Waals surface area contributed by atoms with Crippen molar-refractivity contribution in [3.8, 4) is 0 Å². The van der Waals surface area contributed by atoms with Crippen molar-refractivity contribution < 1.29 is 9.53 Å². The number of amides is 1. The van der Waals surface area contributed by atoms with Gasteiger partial charge in [0.15, 0.2) is 0 Å². The van der Waals surface area contributed by atoms with Gasteiger partial charge >= 0.3 is 0 Å². The molecule has 2 unspecified atom stereocenters. The summed E-state index contributed by atoms with van der Waals surface area (Å²) in [7, 11) is 0. The van der Waals surface area contributed by atoms with Gasteiger partial charge in [0, 0.05) is 24.5 Å². The van der Waals surface area contributed by atoms with Crippen LogP contribution in [0.4, 0.5) is 0 Å². The minimum Gasteiger partial charge on any atom is -0.378 e. The zero-order chi connectivity index (χ0) is 14.8. The number of ether oxygens (including phenoxy) is 1. The molecule has 2 rings (SSSR count). The molecule has 6 heteroatoms. The van der Waals surface area contributed by atoms with Crippen LogP contribution in [-0.2, 0) is 10.2 Å². The first-order valence-electron chi connectivity index (χ1n) is 7.24. The molecule has 0 aromatic carbocycles. The topological polar surface area (TPSA) is 79.9 Å². The van der Waals surface area contributed by atoms with Gasteiger partial charge in [0.05, 0.1) is 6.10 Å². The second-order valence-corrected chi connectivity index (χ2v) is 6.33. The highest BCUT2D eigenvalue weighted by Crippen LogP contribution is 2.22. The summed E-state index contributed by atoms with van der Waals surface area (Å²) in [4.78, 5) is 16.3. The summed E-state index contributed by atoms with van der Waals surface area (Å²) in [5.41, 5.74) is -0.141. The average molecular weight is 280 g/mol. The first-order valence-corrected chi connectivity index (χ1v) is 7.24. The van der Waals surface area contributed by atoms with Gasteiger partial charge in [0.2, 0.25) is 5.82 Å². The van der Waals surface area contributed by atoms with E-state index in [9.17, 15) is 4.79 Å². The molecular weight excluding hydrogens is 256 g/mol. The SMILES string of the molecule is CCC1OCCC1CNC(=O)c1n[nH]c(C(C)(C)C)n1. The molecule has 0 radical (unpaired) electrons. The van der Waals surface area contributed by atoms with E-state index in [0.717, 1.165) is 25.3 Å². The fourth-order valence-corrected chi connectivity index (χ4v) is 2.38. The van der Waals surface area contributed by atoms with E-state index in [0.29, 0.717) is 12.5 Å². The van der Waals surface area contributed by atoms with Crippen LogP contribution in [0, 0.1) is 5.92 Å². The maximum Gasteiger partial charge on any atom is 0.290 e. The zero-order valence-electron chi connectivity index (χ0n) is 12.7. The van der Waals surface area contributed by atoms with E-state index >= 15 is 0 Å². The molecule has 1 aliphatic heterocycles. The molecule has 20 heavy (non-hydrogen) atoms. The minimum atomic E-state index is -0.224. The molecule has 1 fully saturated rings. The second-order valence-electron chi connectivity index (χ2n) is 6.33. The molecule has 1 aromatic heterocycles. The van der Waals surface area contributed by atoms with Crippen LogP contribution >= 0.6 is 0 Å². The highest BCUT2D eigenvalue weighted by Gasteiger charge is 2.27.